The van der Waals surface area contributed by atoms with Gasteiger partial charge in [-0.05, 0) is 92.7 Å². The van der Waals surface area contributed by atoms with Gasteiger partial charge in [-0.2, -0.15) is 0 Å². The average Bonchev–Trinajstić information content (AvgIpc) is 2.95. The van der Waals surface area contributed by atoms with Crippen molar-refractivity contribution in [3.05, 3.63) is 41.0 Å². The van der Waals surface area contributed by atoms with Crippen molar-refractivity contribution in [2.24, 2.45) is 17.3 Å². The second kappa shape index (κ2) is 6.63. The number of fused-ring (bicyclic) bond motifs is 5. The summed E-state index contributed by atoms with van der Waals surface area (Å²) >= 11 is 0. The van der Waals surface area contributed by atoms with Crippen molar-refractivity contribution >= 4 is 0 Å². The first-order valence-corrected chi connectivity index (χ1v) is 10.6. The van der Waals surface area contributed by atoms with Crippen LogP contribution in [0.1, 0.15) is 75.5 Å². The Morgan fingerprint density at radius 3 is 2.74 bits per heavy atom. The van der Waals surface area contributed by atoms with Gasteiger partial charge in [0.25, 0.3) is 0 Å². The van der Waals surface area contributed by atoms with Gasteiger partial charge in [-0.25, -0.2) is 0 Å². The van der Waals surface area contributed by atoms with E-state index in [-0.39, 0.29) is 12.1 Å². The van der Waals surface area contributed by atoms with Gasteiger partial charge < -0.3 is 15.5 Å². The fraction of sp³-hybridized carbons (Fsp3) is 0.667. The van der Waals surface area contributed by atoms with Crippen molar-refractivity contribution < 1.29 is 10.2 Å². The van der Waals surface area contributed by atoms with Gasteiger partial charge in [0.2, 0.25) is 0 Å². The van der Waals surface area contributed by atoms with E-state index in [1.807, 2.05) is 19.9 Å². The van der Waals surface area contributed by atoms with Crippen molar-refractivity contribution in [1.29, 1.82) is 0 Å². The molecule has 2 saturated carbocycles. The largest absolute Gasteiger partial charge is 0.508 e. The van der Waals surface area contributed by atoms with Crippen LogP contribution in [0.4, 0.5) is 0 Å². The number of aliphatic hydroxyl groups excluding tert-OH is 1. The van der Waals surface area contributed by atoms with Crippen LogP contribution in [-0.2, 0) is 13.0 Å². The lowest BCUT2D eigenvalue weighted by molar-refractivity contribution is 0.0815. The third-order valence-electron chi connectivity index (χ3n) is 8.03. The van der Waals surface area contributed by atoms with E-state index < -0.39 is 0 Å². The minimum absolute atomic E-state index is 0.0769. The summed E-state index contributed by atoms with van der Waals surface area (Å²) in [6, 6.07) is 4.27. The molecule has 0 bridgehead atoms. The molecule has 0 unspecified atom stereocenters. The average molecular weight is 370 g/mol. The summed E-state index contributed by atoms with van der Waals surface area (Å²) < 4.78 is 0. The maximum absolute atomic E-state index is 10.5. The van der Waals surface area contributed by atoms with Crippen LogP contribution in [0, 0.1) is 17.3 Å². The first-order chi connectivity index (χ1) is 12.7. The molecule has 0 aromatic heterocycles. The molecule has 4 atom stereocenters. The molecule has 3 nitrogen and oxygen atoms in total. The van der Waals surface area contributed by atoms with E-state index >= 15 is 0 Å². The fourth-order valence-electron chi connectivity index (χ4n) is 6.09. The highest BCUT2D eigenvalue weighted by Crippen LogP contribution is 2.62. The number of hydrogen-bond acceptors (Lipinski definition) is 3. The molecule has 148 valence electrons. The number of aliphatic hydroxyl groups is 1. The van der Waals surface area contributed by atoms with Gasteiger partial charge >= 0.3 is 0 Å². The summed E-state index contributed by atoms with van der Waals surface area (Å²) in [5.74, 6) is 2.56. The number of nitrogens with one attached hydrogen (secondary N) is 1. The highest BCUT2D eigenvalue weighted by atomic mass is 16.3. The molecule has 0 aliphatic heterocycles. The van der Waals surface area contributed by atoms with Crippen molar-refractivity contribution in [3.63, 3.8) is 0 Å². The Morgan fingerprint density at radius 2 is 2.00 bits per heavy atom. The Balaban J connectivity index is 1.62. The van der Waals surface area contributed by atoms with Crippen LogP contribution in [0.25, 0.3) is 0 Å². The topological polar surface area (TPSA) is 52.5 Å². The van der Waals surface area contributed by atoms with Crippen molar-refractivity contribution in [1.82, 2.24) is 5.32 Å². The van der Waals surface area contributed by atoms with Crippen LogP contribution in [0.5, 0.6) is 5.75 Å². The molecule has 0 saturated heterocycles. The zero-order valence-electron chi connectivity index (χ0n) is 17.1. The molecular weight excluding hydrogens is 334 g/mol. The monoisotopic (exact) mass is 369 g/mol. The second-order valence-electron chi connectivity index (χ2n) is 10.1. The van der Waals surface area contributed by atoms with Crippen molar-refractivity contribution in [3.8, 4) is 5.75 Å². The van der Waals surface area contributed by atoms with E-state index in [2.05, 4.69) is 24.9 Å². The quantitative estimate of drug-likeness (QED) is 0.676. The van der Waals surface area contributed by atoms with Gasteiger partial charge in [0.05, 0.1) is 6.61 Å². The highest BCUT2D eigenvalue weighted by Gasteiger charge is 2.51. The highest BCUT2D eigenvalue weighted by molar-refractivity contribution is 5.46. The van der Waals surface area contributed by atoms with Crippen LogP contribution in [0.2, 0.25) is 0 Å². The third-order valence-corrected chi connectivity index (χ3v) is 8.03. The Bertz CT molecular complexity index is 753. The van der Waals surface area contributed by atoms with E-state index in [0.29, 0.717) is 23.6 Å². The summed E-state index contributed by atoms with van der Waals surface area (Å²) in [5, 5.41) is 23.4. The lowest BCUT2D eigenvalue weighted by Gasteiger charge is -2.49. The van der Waals surface area contributed by atoms with Crippen LogP contribution in [-0.4, -0.2) is 22.4 Å². The van der Waals surface area contributed by atoms with Crippen molar-refractivity contribution in [2.75, 3.05) is 6.61 Å². The minimum atomic E-state index is -0.345. The molecule has 0 spiro atoms. The van der Waals surface area contributed by atoms with E-state index in [0.717, 1.165) is 23.8 Å². The fourth-order valence-corrected chi connectivity index (χ4v) is 6.09. The molecule has 3 heteroatoms. The van der Waals surface area contributed by atoms with E-state index in [9.17, 15) is 10.2 Å². The predicted molar refractivity (Wildman–Crippen MR) is 110 cm³/mol. The molecule has 3 N–H and O–H groups in total. The maximum atomic E-state index is 10.5. The maximum Gasteiger partial charge on any atom is 0.120 e. The van der Waals surface area contributed by atoms with Crippen LogP contribution >= 0.6 is 0 Å². The standard InChI is InChI=1S/C24H35NO2/c1-15-5-8-21-19-7-6-16-12-22(27)17(13-25-23(2,3)14-26)11-20(16)18(19)9-10-24(15,21)4/h11-12,18-19,21,25-27H,1,5-10,13-14H2,2-4H3/t18-,19+,21-,24+/m0/s1. The Labute approximate surface area is 163 Å². The molecule has 27 heavy (non-hydrogen) atoms. The van der Waals surface area contributed by atoms with Crippen molar-refractivity contribution in [2.45, 2.75) is 77.3 Å². The Morgan fingerprint density at radius 1 is 1.22 bits per heavy atom. The van der Waals surface area contributed by atoms with Gasteiger partial charge in [-0.3, -0.25) is 0 Å². The number of aryl methyl sites for hydroxylation is 1. The van der Waals surface area contributed by atoms with Gasteiger partial charge in [-0.1, -0.05) is 25.1 Å². The number of phenols is 1. The Hall–Kier alpha value is -1.32. The molecule has 3 aliphatic rings. The first-order valence-electron chi connectivity index (χ1n) is 10.6. The zero-order chi connectivity index (χ0) is 19.4. The lowest BCUT2D eigenvalue weighted by atomic mass is 9.55. The van der Waals surface area contributed by atoms with E-state index in [1.54, 1.807) is 0 Å². The molecule has 0 amide bonds. The van der Waals surface area contributed by atoms with Gasteiger partial charge in [-0.15, -0.1) is 0 Å². The molecule has 0 heterocycles. The SMILES string of the molecule is C=C1CC[C@H]2[C@@H]3CCc4cc(O)c(CNC(C)(C)CO)cc4[C@H]3CC[C@]12C. The summed E-state index contributed by atoms with van der Waals surface area (Å²) in [4.78, 5) is 0. The van der Waals surface area contributed by atoms with E-state index in [4.69, 9.17) is 0 Å². The molecule has 3 aliphatic carbocycles. The summed E-state index contributed by atoms with van der Waals surface area (Å²) in [5.41, 5.74) is 5.27. The third kappa shape index (κ3) is 3.13. The second-order valence-corrected chi connectivity index (χ2v) is 10.1. The van der Waals surface area contributed by atoms with Gasteiger partial charge in [0, 0.05) is 17.6 Å². The summed E-state index contributed by atoms with van der Waals surface area (Å²) in [7, 11) is 0. The first kappa shape index (κ1) is 19.0. The molecule has 1 aromatic carbocycles. The molecule has 4 rings (SSSR count). The Kier molecular flexibility index (Phi) is 4.67. The summed E-state index contributed by atoms with van der Waals surface area (Å²) in [6.45, 7) is 11.5. The molecule has 1 aromatic rings. The zero-order valence-corrected chi connectivity index (χ0v) is 17.1. The number of hydrogen-bond donors (Lipinski definition) is 3. The number of allylic oxidation sites excluding steroid dienone is 1. The number of phenolic OH excluding ortho intramolecular Hbond substituents is 1. The molecular formula is C24H35NO2. The van der Waals surface area contributed by atoms with Gasteiger partial charge in [0.1, 0.15) is 5.75 Å². The molecule has 2 fully saturated rings. The van der Waals surface area contributed by atoms with Crippen LogP contribution < -0.4 is 5.32 Å². The lowest BCUT2D eigenvalue weighted by Crippen LogP contribution is -2.42. The van der Waals surface area contributed by atoms with Gasteiger partial charge in [0.15, 0.2) is 0 Å². The smallest absolute Gasteiger partial charge is 0.120 e. The number of rotatable bonds is 4. The minimum Gasteiger partial charge on any atom is -0.508 e. The number of benzene rings is 1. The van der Waals surface area contributed by atoms with Crippen LogP contribution in [0.3, 0.4) is 0 Å². The predicted octanol–water partition coefficient (Wildman–Crippen LogP) is 4.67. The normalized spacial score (nSPS) is 32.7. The van der Waals surface area contributed by atoms with E-state index in [1.165, 1.54) is 48.8 Å². The molecule has 0 radical (unpaired) electrons. The summed E-state index contributed by atoms with van der Waals surface area (Å²) in [6.07, 6.45) is 7.34. The van der Waals surface area contributed by atoms with Crippen LogP contribution in [0.15, 0.2) is 24.3 Å². The number of aromatic hydroxyl groups is 1.